The average Bonchev–Trinajstić information content (AvgIpc) is 2.93. The van der Waals surface area contributed by atoms with E-state index in [0.717, 1.165) is 12.1 Å². The van der Waals surface area contributed by atoms with Crippen LogP contribution in [0, 0.1) is 12.8 Å². The van der Waals surface area contributed by atoms with E-state index in [-0.39, 0.29) is 35.0 Å². The van der Waals surface area contributed by atoms with Crippen molar-refractivity contribution in [1.82, 2.24) is 19.9 Å². The molecule has 4 aromatic rings. The number of amides is 1. The Labute approximate surface area is 233 Å². The number of ether oxygens (including phenoxy) is 1. The molecule has 1 unspecified atom stereocenters. The van der Waals surface area contributed by atoms with Crippen molar-refractivity contribution in [3.8, 4) is 17.0 Å². The minimum absolute atomic E-state index is 0.0978. The Morgan fingerprint density at radius 1 is 1.10 bits per heavy atom. The van der Waals surface area contributed by atoms with E-state index in [4.69, 9.17) is 4.74 Å². The second-order valence-corrected chi connectivity index (χ2v) is 11.0. The lowest BCUT2D eigenvalue weighted by molar-refractivity contribution is -0.139. The number of carbonyl (C=O) groups excluding carboxylic acids is 1. The molecule has 2 heterocycles. The summed E-state index contributed by atoms with van der Waals surface area (Å²) in [5.74, 6) is -0.906. The lowest BCUT2D eigenvalue weighted by Gasteiger charge is -2.17. The zero-order chi connectivity index (χ0) is 30.1. The first kappa shape index (κ1) is 29.5. The SMILES string of the molecule is CNC(=O)C(C)Cn1cnc2ccc(-c3cnc(OC)c(NS(=O)(=O)c4ccc(C)cc4C(F)(F)F)c3)cc2c1=O. The number of aromatic nitrogens is 3. The van der Waals surface area contributed by atoms with Crippen LogP contribution in [-0.4, -0.2) is 43.0 Å². The number of fused-ring (bicyclic) bond motifs is 1. The van der Waals surface area contributed by atoms with Crippen molar-refractivity contribution in [3.05, 3.63) is 76.5 Å². The highest BCUT2D eigenvalue weighted by molar-refractivity contribution is 7.92. The molecule has 41 heavy (non-hydrogen) atoms. The van der Waals surface area contributed by atoms with Crippen LogP contribution in [0.1, 0.15) is 18.1 Å². The van der Waals surface area contributed by atoms with Crippen molar-refractivity contribution in [3.63, 3.8) is 0 Å². The van der Waals surface area contributed by atoms with Gasteiger partial charge in [-0.25, -0.2) is 18.4 Å². The van der Waals surface area contributed by atoms with E-state index in [0.29, 0.717) is 16.6 Å². The summed E-state index contributed by atoms with van der Waals surface area (Å²) >= 11 is 0. The first-order chi connectivity index (χ1) is 19.2. The van der Waals surface area contributed by atoms with Crippen LogP contribution < -0.4 is 20.3 Å². The molecule has 0 aliphatic carbocycles. The van der Waals surface area contributed by atoms with Crippen LogP contribution in [0.2, 0.25) is 0 Å². The molecule has 216 valence electrons. The molecule has 0 saturated heterocycles. The number of methoxy groups -OCH3 is 1. The normalized spacial score (nSPS) is 12.7. The van der Waals surface area contributed by atoms with E-state index in [1.165, 1.54) is 56.4 Å². The molecule has 0 fully saturated rings. The minimum Gasteiger partial charge on any atom is -0.480 e. The molecule has 0 aliphatic rings. The predicted molar refractivity (Wildman–Crippen MR) is 146 cm³/mol. The molecule has 0 radical (unpaired) electrons. The Morgan fingerprint density at radius 3 is 2.49 bits per heavy atom. The van der Waals surface area contributed by atoms with Crippen LogP contribution in [0.25, 0.3) is 22.0 Å². The largest absolute Gasteiger partial charge is 0.480 e. The highest BCUT2D eigenvalue weighted by Crippen LogP contribution is 2.37. The number of pyridine rings is 1. The maximum absolute atomic E-state index is 13.7. The molecule has 0 saturated carbocycles. The second kappa shape index (κ2) is 11.2. The predicted octanol–water partition coefficient (Wildman–Crippen LogP) is 3.98. The van der Waals surface area contributed by atoms with Crippen molar-refractivity contribution < 1.29 is 31.1 Å². The molecule has 14 heteroatoms. The third-order valence-corrected chi connectivity index (χ3v) is 7.76. The van der Waals surface area contributed by atoms with Crippen molar-refractivity contribution in [2.24, 2.45) is 5.92 Å². The van der Waals surface area contributed by atoms with Gasteiger partial charge in [-0.1, -0.05) is 24.6 Å². The molecule has 0 bridgehead atoms. The van der Waals surface area contributed by atoms with Gasteiger partial charge in [-0.3, -0.25) is 18.9 Å². The van der Waals surface area contributed by atoms with Crippen LogP contribution in [-0.2, 0) is 27.5 Å². The molecule has 1 atom stereocenters. The Hall–Kier alpha value is -4.46. The highest BCUT2D eigenvalue weighted by atomic mass is 32.2. The van der Waals surface area contributed by atoms with Crippen molar-refractivity contribution in [2.45, 2.75) is 31.5 Å². The van der Waals surface area contributed by atoms with Crippen molar-refractivity contribution in [1.29, 1.82) is 0 Å². The van der Waals surface area contributed by atoms with Gasteiger partial charge in [0.2, 0.25) is 11.8 Å². The summed E-state index contributed by atoms with van der Waals surface area (Å²) in [4.78, 5) is 32.5. The van der Waals surface area contributed by atoms with Gasteiger partial charge in [0, 0.05) is 25.4 Å². The topological polar surface area (TPSA) is 132 Å². The molecule has 2 aromatic heterocycles. The van der Waals surface area contributed by atoms with E-state index in [1.807, 2.05) is 0 Å². The van der Waals surface area contributed by atoms with Crippen LogP contribution in [0.15, 0.2) is 64.7 Å². The van der Waals surface area contributed by atoms with Gasteiger partial charge in [-0.2, -0.15) is 13.2 Å². The van der Waals surface area contributed by atoms with Gasteiger partial charge in [0.1, 0.15) is 5.69 Å². The number of alkyl halides is 3. The summed E-state index contributed by atoms with van der Waals surface area (Å²) in [5.41, 5.74) is -0.475. The second-order valence-electron chi connectivity index (χ2n) is 9.33. The van der Waals surface area contributed by atoms with Gasteiger partial charge in [-0.15, -0.1) is 0 Å². The first-order valence-corrected chi connectivity index (χ1v) is 13.7. The average molecular weight is 590 g/mol. The quantitative estimate of drug-likeness (QED) is 0.318. The fourth-order valence-electron chi connectivity index (χ4n) is 4.24. The zero-order valence-corrected chi connectivity index (χ0v) is 23.2. The lowest BCUT2D eigenvalue weighted by Crippen LogP contribution is -2.32. The molecule has 1 amide bonds. The number of aryl methyl sites for hydroxylation is 1. The molecular weight excluding hydrogens is 563 g/mol. The number of anilines is 1. The monoisotopic (exact) mass is 589 g/mol. The Morgan fingerprint density at radius 2 is 1.83 bits per heavy atom. The van der Waals surface area contributed by atoms with Gasteiger partial charge in [0.05, 0.1) is 40.7 Å². The van der Waals surface area contributed by atoms with Crippen LogP contribution in [0.3, 0.4) is 0 Å². The van der Waals surface area contributed by atoms with Crippen LogP contribution in [0.5, 0.6) is 5.88 Å². The number of nitrogens with one attached hydrogen (secondary N) is 2. The molecule has 2 N–H and O–H groups in total. The maximum atomic E-state index is 13.7. The summed E-state index contributed by atoms with van der Waals surface area (Å²) in [6, 6.07) is 9.01. The van der Waals surface area contributed by atoms with E-state index < -0.39 is 38.1 Å². The number of sulfonamides is 1. The van der Waals surface area contributed by atoms with Gasteiger partial charge in [0.25, 0.3) is 15.6 Å². The fraction of sp³-hybridized carbons (Fsp3) is 0.259. The van der Waals surface area contributed by atoms with Crippen LogP contribution in [0.4, 0.5) is 18.9 Å². The maximum Gasteiger partial charge on any atom is 0.417 e. The molecular formula is C27H26F3N5O5S. The van der Waals surface area contributed by atoms with Gasteiger partial charge < -0.3 is 10.1 Å². The number of hydrogen-bond donors (Lipinski definition) is 2. The van der Waals surface area contributed by atoms with Crippen LogP contribution >= 0.6 is 0 Å². The number of rotatable bonds is 8. The number of carbonyl (C=O) groups is 1. The summed E-state index contributed by atoms with van der Waals surface area (Å²) in [7, 11) is -2.00. The molecule has 4 rings (SSSR count). The smallest absolute Gasteiger partial charge is 0.417 e. The highest BCUT2D eigenvalue weighted by Gasteiger charge is 2.37. The fourth-order valence-corrected chi connectivity index (χ4v) is 5.50. The Kier molecular flexibility index (Phi) is 8.06. The minimum atomic E-state index is -4.91. The van der Waals surface area contributed by atoms with E-state index in [2.05, 4.69) is 20.0 Å². The van der Waals surface area contributed by atoms with E-state index in [1.54, 1.807) is 19.1 Å². The summed E-state index contributed by atoms with van der Waals surface area (Å²) in [5, 5.41) is 2.77. The molecule has 2 aromatic carbocycles. The first-order valence-electron chi connectivity index (χ1n) is 12.2. The number of nitrogens with zero attached hydrogens (tertiary/aromatic N) is 3. The third kappa shape index (κ3) is 6.16. The number of halogens is 3. The summed E-state index contributed by atoms with van der Waals surface area (Å²) in [6.07, 6.45) is -2.19. The van der Waals surface area contributed by atoms with Gasteiger partial charge in [-0.05, 0) is 42.8 Å². The van der Waals surface area contributed by atoms with E-state index in [9.17, 15) is 31.2 Å². The molecule has 0 spiro atoms. The van der Waals surface area contributed by atoms with Gasteiger partial charge in [0.15, 0.2) is 0 Å². The number of hydrogen-bond acceptors (Lipinski definition) is 7. The zero-order valence-electron chi connectivity index (χ0n) is 22.4. The van der Waals surface area contributed by atoms with Crippen molar-refractivity contribution >= 4 is 32.5 Å². The Bertz CT molecular complexity index is 1810. The Balaban J connectivity index is 1.76. The van der Waals surface area contributed by atoms with Gasteiger partial charge >= 0.3 is 6.18 Å². The lowest BCUT2D eigenvalue weighted by atomic mass is 10.0. The van der Waals surface area contributed by atoms with E-state index >= 15 is 0 Å². The molecule has 0 aliphatic heterocycles. The standard InChI is InChI=1S/C27H26F3N5O5S/c1-15-5-8-23(20(9-15)27(28,29)30)41(38,39)34-22-11-18(12-32-25(22)40-4)17-6-7-21-19(10-17)26(37)35(14-33-21)13-16(2)24(36)31-3/h5-12,14,16,34H,13H2,1-4H3,(H,31,36). The summed E-state index contributed by atoms with van der Waals surface area (Å²) < 4.78 is 75.9. The molecule has 10 nitrogen and oxygen atoms in total. The van der Waals surface area contributed by atoms with Crippen molar-refractivity contribution in [2.75, 3.05) is 18.9 Å². The number of benzene rings is 2. The third-order valence-electron chi connectivity index (χ3n) is 6.34. The summed E-state index contributed by atoms with van der Waals surface area (Å²) in [6.45, 7) is 3.19.